The Bertz CT molecular complexity index is 456. The molecule has 0 saturated carbocycles. The summed E-state index contributed by atoms with van der Waals surface area (Å²) in [5.41, 5.74) is -2.17. The van der Waals surface area contributed by atoms with Crippen molar-refractivity contribution in [2.24, 2.45) is 0 Å². The lowest BCUT2D eigenvalue weighted by Crippen LogP contribution is -2.60. The Labute approximate surface area is 100 Å². The Morgan fingerprint density at radius 2 is 1.61 bits per heavy atom. The summed E-state index contributed by atoms with van der Waals surface area (Å²) in [5, 5.41) is 10.3. The van der Waals surface area contributed by atoms with Crippen LogP contribution in [0.4, 0.5) is 13.2 Å². The number of amides is 1. The van der Waals surface area contributed by atoms with Crippen molar-refractivity contribution in [2.75, 3.05) is 11.5 Å². The van der Waals surface area contributed by atoms with Gasteiger partial charge in [-0.05, 0) is 12.8 Å². The molecule has 1 aliphatic rings. The maximum Gasteiger partial charge on any atom is 0.471 e. The maximum atomic E-state index is 12.1. The average molecular weight is 289 g/mol. The van der Waals surface area contributed by atoms with Crippen LogP contribution >= 0.6 is 0 Å². The number of aliphatic carboxylic acids is 1. The fraction of sp³-hybridized carbons (Fsp3) is 0.750. The summed E-state index contributed by atoms with van der Waals surface area (Å²) >= 11 is 0. The molecule has 0 atom stereocenters. The molecule has 0 aromatic carbocycles. The van der Waals surface area contributed by atoms with E-state index in [2.05, 4.69) is 0 Å². The zero-order valence-electron chi connectivity index (χ0n) is 8.95. The summed E-state index contributed by atoms with van der Waals surface area (Å²) in [4.78, 5) is 21.7. The summed E-state index contributed by atoms with van der Waals surface area (Å²) in [5.74, 6) is -5.20. The van der Waals surface area contributed by atoms with Crippen molar-refractivity contribution in [3.63, 3.8) is 0 Å². The molecule has 18 heavy (non-hydrogen) atoms. The molecule has 0 spiro atoms. The van der Waals surface area contributed by atoms with Gasteiger partial charge in [0.15, 0.2) is 9.84 Å². The minimum Gasteiger partial charge on any atom is -0.480 e. The molecule has 10 heteroatoms. The lowest BCUT2D eigenvalue weighted by molar-refractivity contribution is -0.178. The number of rotatable bonds is 2. The molecule has 0 bridgehead atoms. The number of carbonyl (C=O) groups excluding carboxylic acids is 1. The molecule has 0 aromatic rings. The molecule has 1 fully saturated rings. The summed E-state index contributed by atoms with van der Waals surface area (Å²) in [6, 6.07) is 0. The summed E-state index contributed by atoms with van der Waals surface area (Å²) in [7, 11) is -3.45. The van der Waals surface area contributed by atoms with E-state index in [0.29, 0.717) is 0 Å². The van der Waals surface area contributed by atoms with Gasteiger partial charge < -0.3 is 10.4 Å². The van der Waals surface area contributed by atoms with Crippen molar-refractivity contribution >= 4 is 21.7 Å². The number of carboxylic acid groups (broad SMARTS) is 1. The van der Waals surface area contributed by atoms with Crippen LogP contribution in [-0.4, -0.2) is 48.6 Å². The van der Waals surface area contributed by atoms with E-state index in [4.69, 9.17) is 5.11 Å². The molecule has 0 aromatic heterocycles. The second-order valence-electron chi connectivity index (χ2n) is 3.99. The SMILES string of the molecule is O=C(NC1(C(=O)O)CCS(=O)(=O)CC1)C(F)(F)F. The van der Waals surface area contributed by atoms with Gasteiger partial charge in [-0.25, -0.2) is 13.2 Å². The smallest absolute Gasteiger partial charge is 0.471 e. The van der Waals surface area contributed by atoms with Crippen molar-refractivity contribution in [3.8, 4) is 0 Å². The highest BCUT2D eigenvalue weighted by Crippen LogP contribution is 2.26. The van der Waals surface area contributed by atoms with Gasteiger partial charge in [0.25, 0.3) is 0 Å². The molecule has 1 heterocycles. The minimum absolute atomic E-state index is 0.572. The standard InChI is InChI=1S/C8H10F3NO5S/c9-8(10,11)5(13)12-7(6(14)15)1-3-18(16,17)4-2-7/h1-4H2,(H,12,13)(H,14,15). The number of alkyl halides is 3. The first-order valence-electron chi connectivity index (χ1n) is 4.82. The highest BCUT2D eigenvalue weighted by Gasteiger charge is 2.50. The van der Waals surface area contributed by atoms with E-state index < -0.39 is 57.8 Å². The van der Waals surface area contributed by atoms with Gasteiger partial charge in [0.1, 0.15) is 5.54 Å². The molecule has 1 aliphatic heterocycles. The van der Waals surface area contributed by atoms with E-state index in [-0.39, 0.29) is 0 Å². The molecule has 1 amide bonds. The second-order valence-corrected chi connectivity index (χ2v) is 6.29. The van der Waals surface area contributed by atoms with Crippen LogP contribution in [0.5, 0.6) is 0 Å². The molecule has 0 radical (unpaired) electrons. The van der Waals surface area contributed by atoms with E-state index in [1.807, 2.05) is 0 Å². The quantitative estimate of drug-likeness (QED) is 0.726. The average Bonchev–Trinajstić information content (AvgIpc) is 2.19. The van der Waals surface area contributed by atoms with Gasteiger partial charge in [-0.15, -0.1) is 0 Å². The van der Waals surface area contributed by atoms with Crippen molar-refractivity contribution < 1.29 is 36.3 Å². The summed E-state index contributed by atoms with van der Waals surface area (Å²) in [6.07, 6.45) is -6.36. The van der Waals surface area contributed by atoms with Crippen molar-refractivity contribution in [3.05, 3.63) is 0 Å². The van der Waals surface area contributed by atoms with E-state index in [1.165, 1.54) is 5.32 Å². The highest BCUT2D eigenvalue weighted by atomic mass is 32.2. The van der Waals surface area contributed by atoms with Gasteiger partial charge in [0, 0.05) is 0 Å². The van der Waals surface area contributed by atoms with Gasteiger partial charge in [-0.1, -0.05) is 0 Å². The monoisotopic (exact) mass is 289 g/mol. The van der Waals surface area contributed by atoms with Crippen molar-refractivity contribution in [1.82, 2.24) is 5.32 Å². The lowest BCUT2D eigenvalue weighted by atomic mass is 9.92. The van der Waals surface area contributed by atoms with Gasteiger partial charge in [0.05, 0.1) is 11.5 Å². The van der Waals surface area contributed by atoms with E-state index in [0.717, 1.165) is 0 Å². The van der Waals surface area contributed by atoms with E-state index in [9.17, 15) is 31.2 Å². The van der Waals surface area contributed by atoms with E-state index in [1.54, 1.807) is 0 Å². The van der Waals surface area contributed by atoms with Crippen LogP contribution in [0.15, 0.2) is 0 Å². The van der Waals surface area contributed by atoms with Gasteiger partial charge in [-0.3, -0.25) is 4.79 Å². The predicted octanol–water partition coefficient (Wildman–Crippen LogP) is -0.303. The van der Waals surface area contributed by atoms with Crippen LogP contribution < -0.4 is 5.32 Å². The van der Waals surface area contributed by atoms with Crippen LogP contribution in [0.25, 0.3) is 0 Å². The number of hydrogen-bond donors (Lipinski definition) is 2. The molecule has 1 saturated heterocycles. The molecule has 0 aliphatic carbocycles. The number of sulfone groups is 1. The molecular formula is C8H10F3NO5S. The molecule has 2 N–H and O–H groups in total. The number of hydrogen-bond acceptors (Lipinski definition) is 4. The van der Waals surface area contributed by atoms with Crippen LogP contribution in [-0.2, 0) is 19.4 Å². The van der Waals surface area contributed by atoms with Crippen LogP contribution in [0.1, 0.15) is 12.8 Å². The first kappa shape index (κ1) is 14.7. The zero-order valence-corrected chi connectivity index (χ0v) is 9.77. The molecule has 104 valence electrons. The Kier molecular flexibility index (Phi) is 3.61. The third-order valence-corrected chi connectivity index (χ3v) is 4.35. The van der Waals surface area contributed by atoms with Crippen LogP contribution in [0.3, 0.4) is 0 Å². The largest absolute Gasteiger partial charge is 0.480 e. The maximum absolute atomic E-state index is 12.1. The molecular weight excluding hydrogens is 279 g/mol. The Morgan fingerprint density at radius 1 is 1.17 bits per heavy atom. The topological polar surface area (TPSA) is 101 Å². The van der Waals surface area contributed by atoms with Gasteiger partial charge in [-0.2, -0.15) is 13.2 Å². The molecule has 6 nitrogen and oxygen atoms in total. The van der Waals surface area contributed by atoms with Crippen molar-refractivity contribution in [1.29, 1.82) is 0 Å². The van der Waals surface area contributed by atoms with E-state index >= 15 is 0 Å². The fourth-order valence-corrected chi connectivity index (χ4v) is 3.09. The Hall–Kier alpha value is -1.32. The fourth-order valence-electron chi connectivity index (χ4n) is 1.57. The van der Waals surface area contributed by atoms with Crippen molar-refractivity contribution in [2.45, 2.75) is 24.6 Å². The molecule has 1 rings (SSSR count). The van der Waals surface area contributed by atoms with Gasteiger partial charge in [0.2, 0.25) is 0 Å². The van der Waals surface area contributed by atoms with Crippen LogP contribution in [0.2, 0.25) is 0 Å². The second kappa shape index (κ2) is 4.41. The normalized spacial score (nSPS) is 22.2. The van der Waals surface area contributed by atoms with Crippen LogP contribution in [0, 0.1) is 0 Å². The lowest BCUT2D eigenvalue weighted by Gasteiger charge is -2.33. The summed E-state index contributed by atoms with van der Waals surface area (Å²) in [6.45, 7) is 0. The number of halogens is 3. The first-order valence-corrected chi connectivity index (χ1v) is 6.64. The third kappa shape index (κ3) is 3.12. The Morgan fingerprint density at radius 3 is 1.94 bits per heavy atom. The number of nitrogens with one attached hydrogen (secondary N) is 1. The Balaban J connectivity index is 2.92. The number of carboxylic acids is 1. The summed E-state index contributed by atoms with van der Waals surface area (Å²) < 4.78 is 58.4. The molecule has 0 unspecified atom stereocenters. The predicted molar refractivity (Wildman–Crippen MR) is 52.5 cm³/mol. The third-order valence-electron chi connectivity index (χ3n) is 2.70. The zero-order chi connectivity index (χ0) is 14.2. The first-order chi connectivity index (χ1) is 7.99. The minimum atomic E-state index is -5.21. The highest BCUT2D eigenvalue weighted by molar-refractivity contribution is 7.91. The number of carbonyl (C=O) groups is 2. The van der Waals surface area contributed by atoms with Gasteiger partial charge >= 0.3 is 18.1 Å².